The Labute approximate surface area is 127 Å². The number of carbonyl (C=O) groups is 1. The number of nitrogens with zero attached hydrogens (tertiary/aromatic N) is 2. The Balaban J connectivity index is 2.13. The van der Waals surface area contributed by atoms with E-state index in [0.717, 1.165) is 11.4 Å². The number of rotatable bonds is 4. The molecule has 0 saturated carbocycles. The van der Waals surface area contributed by atoms with E-state index in [-0.39, 0.29) is 11.3 Å². The third-order valence-corrected chi connectivity index (χ3v) is 4.63. The minimum Gasteiger partial charge on any atom is -0.296 e. The van der Waals surface area contributed by atoms with Gasteiger partial charge in [-0.25, -0.2) is 0 Å². The fourth-order valence-corrected chi connectivity index (χ4v) is 2.60. The maximum Gasteiger partial charge on any atom is 0.257 e. The lowest BCUT2D eigenvalue weighted by Gasteiger charge is -2.17. The molecule has 1 N–H and O–H groups in total. The molecule has 2 aromatic rings. The van der Waals surface area contributed by atoms with Crippen LogP contribution in [0.4, 0.5) is 5.13 Å². The normalized spacial score (nSPS) is 11.4. The monoisotopic (exact) mass is 309 g/mol. The molecule has 4 nitrogen and oxygen atoms in total. The third-order valence-electron chi connectivity index (χ3n) is 3.20. The van der Waals surface area contributed by atoms with Gasteiger partial charge in [0, 0.05) is 16.0 Å². The summed E-state index contributed by atoms with van der Waals surface area (Å²) < 4.78 is 0. The van der Waals surface area contributed by atoms with E-state index in [4.69, 9.17) is 11.6 Å². The SMILES string of the molecule is CCC(C)(C)c1nnc(NC(=O)c2cccc(Cl)c2)s1. The molecule has 0 saturated heterocycles. The topological polar surface area (TPSA) is 54.9 Å². The molecule has 1 aromatic carbocycles. The van der Waals surface area contributed by atoms with Crippen molar-refractivity contribution in [3.63, 3.8) is 0 Å². The van der Waals surface area contributed by atoms with Gasteiger partial charge >= 0.3 is 0 Å². The van der Waals surface area contributed by atoms with Crippen LogP contribution in [0.2, 0.25) is 5.02 Å². The highest BCUT2D eigenvalue weighted by Crippen LogP contribution is 2.31. The van der Waals surface area contributed by atoms with Gasteiger partial charge in [0.05, 0.1) is 0 Å². The fourth-order valence-electron chi connectivity index (χ4n) is 1.50. The van der Waals surface area contributed by atoms with Crippen LogP contribution in [0.15, 0.2) is 24.3 Å². The fraction of sp³-hybridized carbons (Fsp3) is 0.357. The number of anilines is 1. The van der Waals surface area contributed by atoms with E-state index in [9.17, 15) is 4.79 Å². The van der Waals surface area contributed by atoms with Gasteiger partial charge in [-0.15, -0.1) is 10.2 Å². The number of hydrogen-bond donors (Lipinski definition) is 1. The van der Waals surface area contributed by atoms with Gasteiger partial charge in [-0.05, 0) is 24.6 Å². The maximum absolute atomic E-state index is 12.1. The van der Waals surface area contributed by atoms with Gasteiger partial charge in [0.2, 0.25) is 5.13 Å². The van der Waals surface area contributed by atoms with Crippen molar-refractivity contribution in [1.82, 2.24) is 10.2 Å². The summed E-state index contributed by atoms with van der Waals surface area (Å²) in [6, 6.07) is 6.79. The van der Waals surface area contributed by atoms with Crippen molar-refractivity contribution in [2.45, 2.75) is 32.6 Å². The first-order chi connectivity index (χ1) is 9.42. The van der Waals surface area contributed by atoms with Gasteiger partial charge in [-0.2, -0.15) is 0 Å². The van der Waals surface area contributed by atoms with Gasteiger partial charge in [0.15, 0.2) is 0 Å². The second-order valence-corrected chi connectivity index (χ2v) is 6.53. The number of benzene rings is 1. The second-order valence-electron chi connectivity index (χ2n) is 5.11. The Morgan fingerprint density at radius 3 is 2.80 bits per heavy atom. The molecule has 1 aromatic heterocycles. The van der Waals surface area contributed by atoms with Crippen LogP contribution in [0.3, 0.4) is 0 Å². The quantitative estimate of drug-likeness (QED) is 0.923. The summed E-state index contributed by atoms with van der Waals surface area (Å²) in [4.78, 5) is 12.1. The highest BCUT2D eigenvalue weighted by Gasteiger charge is 2.23. The number of carbonyl (C=O) groups excluding carboxylic acids is 1. The minimum atomic E-state index is -0.232. The van der Waals surface area contributed by atoms with E-state index in [2.05, 4.69) is 36.3 Å². The molecule has 0 aliphatic carbocycles. The summed E-state index contributed by atoms with van der Waals surface area (Å²) in [5.74, 6) is -0.232. The average Bonchev–Trinajstić information content (AvgIpc) is 2.88. The van der Waals surface area contributed by atoms with Crippen LogP contribution in [-0.4, -0.2) is 16.1 Å². The highest BCUT2D eigenvalue weighted by molar-refractivity contribution is 7.15. The van der Waals surface area contributed by atoms with Gasteiger partial charge in [0.1, 0.15) is 5.01 Å². The van der Waals surface area contributed by atoms with Crippen molar-refractivity contribution in [3.8, 4) is 0 Å². The Kier molecular flexibility index (Phi) is 4.40. The molecule has 0 spiro atoms. The summed E-state index contributed by atoms with van der Waals surface area (Å²) in [5.41, 5.74) is 0.473. The molecule has 0 fully saturated rings. The highest BCUT2D eigenvalue weighted by atomic mass is 35.5. The van der Waals surface area contributed by atoms with Gasteiger partial charge < -0.3 is 0 Å². The molecule has 20 heavy (non-hydrogen) atoms. The maximum atomic E-state index is 12.1. The van der Waals surface area contributed by atoms with Gasteiger partial charge in [0.25, 0.3) is 5.91 Å². The standard InChI is InChI=1S/C14H16ClN3OS/c1-4-14(2,3)12-17-18-13(20-12)16-11(19)9-6-5-7-10(15)8-9/h5-8H,4H2,1-3H3,(H,16,18,19). The lowest BCUT2D eigenvalue weighted by atomic mass is 9.91. The molecule has 0 atom stereocenters. The van der Waals surface area contributed by atoms with Crippen LogP contribution in [0, 0.1) is 0 Å². The first-order valence-electron chi connectivity index (χ1n) is 6.33. The van der Waals surface area contributed by atoms with Crippen molar-refractivity contribution in [2.24, 2.45) is 0 Å². The summed E-state index contributed by atoms with van der Waals surface area (Å²) in [7, 11) is 0. The molecule has 0 radical (unpaired) electrons. The van der Waals surface area contributed by atoms with Crippen LogP contribution < -0.4 is 5.32 Å². The molecular formula is C14H16ClN3OS. The zero-order valence-electron chi connectivity index (χ0n) is 11.6. The van der Waals surface area contributed by atoms with Crippen molar-refractivity contribution >= 4 is 34.0 Å². The van der Waals surface area contributed by atoms with E-state index >= 15 is 0 Å². The van der Waals surface area contributed by atoms with Crippen LogP contribution >= 0.6 is 22.9 Å². The zero-order valence-corrected chi connectivity index (χ0v) is 13.2. The second kappa shape index (κ2) is 5.89. The van der Waals surface area contributed by atoms with Crippen molar-refractivity contribution in [1.29, 1.82) is 0 Å². The molecule has 0 aliphatic rings. The summed E-state index contributed by atoms with van der Waals surface area (Å²) in [5, 5.41) is 12.9. The minimum absolute atomic E-state index is 0.0311. The number of amides is 1. The molecule has 1 heterocycles. The third kappa shape index (κ3) is 3.35. The summed E-state index contributed by atoms with van der Waals surface area (Å²) >= 11 is 7.27. The van der Waals surface area contributed by atoms with E-state index in [0.29, 0.717) is 15.7 Å². The predicted molar refractivity (Wildman–Crippen MR) is 82.6 cm³/mol. The van der Waals surface area contributed by atoms with Gasteiger partial charge in [-0.3, -0.25) is 10.1 Å². The van der Waals surface area contributed by atoms with Gasteiger partial charge in [-0.1, -0.05) is 49.8 Å². The molecule has 0 unspecified atom stereocenters. The van der Waals surface area contributed by atoms with Crippen LogP contribution in [0.25, 0.3) is 0 Å². The first kappa shape index (κ1) is 14.9. The van der Waals surface area contributed by atoms with Crippen molar-refractivity contribution in [3.05, 3.63) is 39.9 Å². The Hall–Kier alpha value is -1.46. The van der Waals surface area contributed by atoms with E-state index in [1.54, 1.807) is 24.3 Å². The lowest BCUT2D eigenvalue weighted by molar-refractivity contribution is 0.102. The van der Waals surface area contributed by atoms with Crippen LogP contribution in [-0.2, 0) is 5.41 Å². The lowest BCUT2D eigenvalue weighted by Crippen LogP contribution is -2.14. The smallest absolute Gasteiger partial charge is 0.257 e. The van der Waals surface area contributed by atoms with Crippen LogP contribution in [0.5, 0.6) is 0 Å². The Bertz CT molecular complexity index is 624. The summed E-state index contributed by atoms with van der Waals surface area (Å²) in [6.45, 7) is 6.32. The number of hydrogen-bond acceptors (Lipinski definition) is 4. The molecule has 106 valence electrons. The van der Waals surface area contributed by atoms with E-state index < -0.39 is 0 Å². The number of halogens is 1. The van der Waals surface area contributed by atoms with Crippen molar-refractivity contribution < 1.29 is 4.79 Å². The molecule has 2 rings (SSSR count). The molecule has 1 amide bonds. The Morgan fingerprint density at radius 2 is 2.15 bits per heavy atom. The molecule has 6 heteroatoms. The van der Waals surface area contributed by atoms with Crippen LogP contribution in [0.1, 0.15) is 42.6 Å². The van der Waals surface area contributed by atoms with Crippen molar-refractivity contribution in [2.75, 3.05) is 5.32 Å². The molecule has 0 aliphatic heterocycles. The zero-order chi connectivity index (χ0) is 14.8. The largest absolute Gasteiger partial charge is 0.296 e. The Morgan fingerprint density at radius 1 is 1.40 bits per heavy atom. The molecule has 0 bridgehead atoms. The molecular weight excluding hydrogens is 294 g/mol. The number of aromatic nitrogens is 2. The van der Waals surface area contributed by atoms with E-state index in [1.807, 2.05) is 0 Å². The average molecular weight is 310 g/mol. The van der Waals surface area contributed by atoms with E-state index in [1.165, 1.54) is 11.3 Å². The summed E-state index contributed by atoms with van der Waals surface area (Å²) in [6.07, 6.45) is 0.962. The predicted octanol–water partition coefficient (Wildman–Crippen LogP) is 4.13. The number of nitrogens with one attached hydrogen (secondary N) is 1. The first-order valence-corrected chi connectivity index (χ1v) is 7.53.